The highest BCUT2D eigenvalue weighted by Crippen LogP contribution is 2.22. The van der Waals surface area contributed by atoms with Crippen molar-refractivity contribution in [1.82, 2.24) is 4.98 Å². The van der Waals surface area contributed by atoms with Crippen LogP contribution in [0.1, 0.15) is 17.6 Å². The average molecular weight is 260 g/mol. The van der Waals surface area contributed by atoms with Crippen LogP contribution in [0.3, 0.4) is 0 Å². The molecule has 5 nitrogen and oxygen atoms in total. The Labute approximate surface area is 95.5 Å². The lowest BCUT2D eigenvalue weighted by Crippen LogP contribution is -1.91. The molecule has 0 amide bonds. The van der Waals surface area contributed by atoms with Gasteiger partial charge in [-0.1, -0.05) is 0 Å². The molecule has 0 aliphatic carbocycles. The summed E-state index contributed by atoms with van der Waals surface area (Å²) in [6.07, 6.45) is 0. The molecule has 0 atom stereocenters. The van der Waals surface area contributed by atoms with E-state index in [4.69, 9.17) is 15.1 Å². The highest BCUT2D eigenvalue weighted by Gasteiger charge is 2.14. The quantitative estimate of drug-likeness (QED) is 0.609. The van der Waals surface area contributed by atoms with Gasteiger partial charge in [-0.15, -0.1) is 0 Å². The number of hydrogen-bond acceptors (Lipinski definition) is 5. The molecule has 0 N–H and O–H groups in total. The summed E-state index contributed by atoms with van der Waals surface area (Å²) in [7, 11) is 1.38. The summed E-state index contributed by atoms with van der Waals surface area (Å²) in [6, 6.07) is 3.96. The van der Waals surface area contributed by atoms with E-state index in [9.17, 15) is 13.2 Å². The second kappa shape index (κ2) is 3.57. The number of rotatable bonds is 2. The normalized spacial score (nSPS) is 11.9. The van der Waals surface area contributed by atoms with Crippen molar-refractivity contribution in [2.24, 2.45) is 0 Å². The van der Waals surface area contributed by atoms with Gasteiger partial charge >= 0.3 is 0 Å². The summed E-state index contributed by atoms with van der Waals surface area (Å²) in [4.78, 5) is 14.8. The summed E-state index contributed by atoms with van der Waals surface area (Å²) < 4.78 is 27.2. The number of halogens is 1. The predicted octanol–water partition coefficient (Wildman–Crippen LogP) is 1.96. The second-order valence-corrected chi connectivity index (χ2v) is 5.71. The van der Waals surface area contributed by atoms with Crippen molar-refractivity contribution >= 4 is 36.6 Å². The summed E-state index contributed by atoms with van der Waals surface area (Å²) in [6.45, 7) is 1.31. The number of ketones is 1. The molecule has 0 fully saturated rings. The van der Waals surface area contributed by atoms with Gasteiger partial charge < -0.3 is 4.42 Å². The van der Waals surface area contributed by atoms with Gasteiger partial charge in [-0.05, 0) is 18.2 Å². The SMILES string of the molecule is CC(=O)c1nc2cc(S(=O)(=O)Cl)ccc2o1. The van der Waals surface area contributed by atoms with Crippen molar-refractivity contribution in [2.45, 2.75) is 11.8 Å². The number of carbonyl (C=O) groups is 1. The molecule has 0 spiro atoms. The number of Topliss-reactive ketones (excluding diaryl/α,β-unsaturated/α-hetero) is 1. The lowest BCUT2D eigenvalue weighted by atomic mass is 10.3. The zero-order chi connectivity index (χ0) is 11.9. The molecule has 2 rings (SSSR count). The summed E-state index contributed by atoms with van der Waals surface area (Å²) in [5.41, 5.74) is 0.626. The third kappa shape index (κ3) is 1.94. The number of carbonyl (C=O) groups excluding carboxylic acids is 1. The molecule has 0 radical (unpaired) electrons. The topological polar surface area (TPSA) is 77.2 Å². The zero-order valence-corrected chi connectivity index (χ0v) is 9.67. The Morgan fingerprint density at radius 2 is 2.12 bits per heavy atom. The van der Waals surface area contributed by atoms with Crippen molar-refractivity contribution in [3.8, 4) is 0 Å². The molecule has 2 aromatic rings. The van der Waals surface area contributed by atoms with E-state index < -0.39 is 9.05 Å². The summed E-state index contributed by atoms with van der Waals surface area (Å²) in [5, 5.41) is 0. The van der Waals surface area contributed by atoms with E-state index in [1.807, 2.05) is 0 Å². The van der Waals surface area contributed by atoms with E-state index in [-0.39, 0.29) is 22.1 Å². The summed E-state index contributed by atoms with van der Waals surface area (Å²) in [5.74, 6) is -0.384. The molecule has 0 bridgehead atoms. The van der Waals surface area contributed by atoms with Crippen LogP contribution < -0.4 is 0 Å². The molecule has 16 heavy (non-hydrogen) atoms. The standard InChI is InChI=1S/C9H6ClNO4S/c1-5(12)9-11-7-4-6(16(10,13)14)2-3-8(7)15-9/h2-4H,1H3. The number of aromatic nitrogens is 1. The largest absolute Gasteiger partial charge is 0.434 e. The minimum absolute atomic E-state index is 0.0564. The maximum atomic E-state index is 11.1. The third-order valence-electron chi connectivity index (χ3n) is 1.94. The fraction of sp³-hybridized carbons (Fsp3) is 0.111. The first-order valence-electron chi connectivity index (χ1n) is 4.24. The molecule has 1 aromatic carbocycles. The van der Waals surface area contributed by atoms with Crippen LogP contribution in [0.4, 0.5) is 0 Å². The maximum Gasteiger partial charge on any atom is 0.263 e. The first-order chi connectivity index (χ1) is 7.38. The molecule has 0 saturated heterocycles. The average Bonchev–Trinajstić information content (AvgIpc) is 2.58. The Bertz CT molecular complexity index is 674. The van der Waals surface area contributed by atoms with E-state index in [1.54, 1.807) is 0 Å². The van der Waals surface area contributed by atoms with Crippen molar-refractivity contribution in [3.63, 3.8) is 0 Å². The monoisotopic (exact) mass is 259 g/mol. The summed E-state index contributed by atoms with van der Waals surface area (Å²) >= 11 is 0. The van der Waals surface area contributed by atoms with Crippen LogP contribution in [0.5, 0.6) is 0 Å². The highest BCUT2D eigenvalue weighted by atomic mass is 35.7. The van der Waals surface area contributed by atoms with Crippen LogP contribution >= 0.6 is 10.7 Å². The van der Waals surface area contributed by atoms with Gasteiger partial charge in [0.1, 0.15) is 5.52 Å². The third-order valence-corrected chi connectivity index (χ3v) is 3.29. The molecule has 1 aromatic heterocycles. The molecule has 0 aliphatic heterocycles. The van der Waals surface area contributed by atoms with Crippen molar-refractivity contribution < 1.29 is 17.6 Å². The van der Waals surface area contributed by atoms with Crippen molar-refractivity contribution in [3.05, 3.63) is 24.1 Å². The zero-order valence-electron chi connectivity index (χ0n) is 8.10. The molecule has 0 aliphatic rings. The highest BCUT2D eigenvalue weighted by molar-refractivity contribution is 8.13. The smallest absolute Gasteiger partial charge is 0.263 e. The minimum Gasteiger partial charge on any atom is -0.434 e. The van der Waals surface area contributed by atoms with E-state index in [0.29, 0.717) is 5.58 Å². The Balaban J connectivity index is 2.67. The number of hydrogen-bond donors (Lipinski definition) is 0. The van der Waals surface area contributed by atoms with Crippen molar-refractivity contribution in [2.75, 3.05) is 0 Å². The Morgan fingerprint density at radius 3 is 2.69 bits per heavy atom. The lowest BCUT2D eigenvalue weighted by Gasteiger charge is -1.93. The van der Waals surface area contributed by atoms with Gasteiger partial charge in [-0.25, -0.2) is 13.4 Å². The number of benzene rings is 1. The van der Waals surface area contributed by atoms with Gasteiger partial charge in [0.2, 0.25) is 5.78 Å². The van der Waals surface area contributed by atoms with Gasteiger partial charge in [0, 0.05) is 17.6 Å². The van der Waals surface area contributed by atoms with Crippen LogP contribution in [0.2, 0.25) is 0 Å². The first kappa shape index (κ1) is 11.1. The predicted molar refractivity (Wildman–Crippen MR) is 57.1 cm³/mol. The fourth-order valence-electron chi connectivity index (χ4n) is 1.21. The molecule has 0 unspecified atom stereocenters. The van der Waals surface area contributed by atoms with Gasteiger partial charge in [0.05, 0.1) is 4.90 Å². The number of fused-ring (bicyclic) bond motifs is 1. The fourth-order valence-corrected chi connectivity index (χ4v) is 1.98. The van der Waals surface area contributed by atoms with Crippen LogP contribution in [0, 0.1) is 0 Å². The molecule has 1 heterocycles. The van der Waals surface area contributed by atoms with Crippen molar-refractivity contribution in [1.29, 1.82) is 0 Å². The Hall–Kier alpha value is -1.40. The molecular weight excluding hydrogens is 254 g/mol. The van der Waals surface area contributed by atoms with Crippen LogP contribution in [0.25, 0.3) is 11.1 Å². The maximum absolute atomic E-state index is 11.1. The van der Waals surface area contributed by atoms with E-state index >= 15 is 0 Å². The Morgan fingerprint density at radius 1 is 1.44 bits per heavy atom. The van der Waals surface area contributed by atoms with E-state index in [2.05, 4.69) is 4.98 Å². The van der Waals surface area contributed by atoms with Crippen LogP contribution in [-0.2, 0) is 9.05 Å². The van der Waals surface area contributed by atoms with Gasteiger partial charge in [-0.3, -0.25) is 4.79 Å². The van der Waals surface area contributed by atoms with Gasteiger partial charge in [0.25, 0.3) is 14.9 Å². The molecule has 84 valence electrons. The van der Waals surface area contributed by atoms with Crippen LogP contribution in [0.15, 0.2) is 27.5 Å². The van der Waals surface area contributed by atoms with Gasteiger partial charge in [0.15, 0.2) is 5.58 Å². The van der Waals surface area contributed by atoms with Gasteiger partial charge in [-0.2, -0.15) is 0 Å². The second-order valence-electron chi connectivity index (χ2n) is 3.14. The first-order valence-corrected chi connectivity index (χ1v) is 6.55. The molecule has 0 saturated carbocycles. The number of nitrogens with zero attached hydrogens (tertiary/aromatic N) is 1. The number of oxazole rings is 1. The van der Waals surface area contributed by atoms with E-state index in [1.165, 1.54) is 25.1 Å². The minimum atomic E-state index is -3.80. The Kier molecular flexibility index (Phi) is 2.47. The van der Waals surface area contributed by atoms with Crippen LogP contribution in [-0.4, -0.2) is 19.2 Å². The molecule has 7 heteroatoms. The van der Waals surface area contributed by atoms with E-state index in [0.717, 1.165) is 0 Å². The molecular formula is C9H6ClNO4S. The lowest BCUT2D eigenvalue weighted by molar-refractivity contribution is 0.0983.